The van der Waals surface area contributed by atoms with E-state index in [2.05, 4.69) is 17.1 Å². The maximum atomic E-state index is 11.2. The molecule has 84 valence electrons. The first-order valence-corrected chi connectivity index (χ1v) is 6.08. The van der Waals surface area contributed by atoms with Gasteiger partial charge < -0.3 is 0 Å². The highest BCUT2D eigenvalue weighted by molar-refractivity contribution is 7.21. The number of carbonyl (C=O) groups is 1. The SMILES string of the molecule is Cc1ccc(-c2sc3cncn3c2C=O)cc1. The molecule has 3 aromatic rings. The van der Waals surface area contributed by atoms with Gasteiger partial charge in [0.2, 0.25) is 0 Å². The summed E-state index contributed by atoms with van der Waals surface area (Å²) in [5.41, 5.74) is 2.96. The second-order valence-corrected chi connectivity index (χ2v) is 4.93. The van der Waals surface area contributed by atoms with Gasteiger partial charge in [-0.1, -0.05) is 29.8 Å². The van der Waals surface area contributed by atoms with Gasteiger partial charge in [0.05, 0.1) is 11.1 Å². The van der Waals surface area contributed by atoms with Gasteiger partial charge in [-0.05, 0) is 12.5 Å². The molecule has 3 nitrogen and oxygen atoms in total. The maximum absolute atomic E-state index is 11.2. The minimum Gasteiger partial charge on any atom is -0.296 e. The molecule has 4 heteroatoms. The van der Waals surface area contributed by atoms with Crippen LogP contribution in [0, 0.1) is 6.92 Å². The van der Waals surface area contributed by atoms with Gasteiger partial charge in [-0.2, -0.15) is 0 Å². The molecule has 0 aliphatic carbocycles. The van der Waals surface area contributed by atoms with Crippen molar-refractivity contribution >= 4 is 22.5 Å². The van der Waals surface area contributed by atoms with Crippen LogP contribution in [0.2, 0.25) is 0 Å². The summed E-state index contributed by atoms with van der Waals surface area (Å²) < 4.78 is 1.83. The number of nitrogens with zero attached hydrogens (tertiary/aromatic N) is 2. The van der Waals surface area contributed by atoms with Crippen molar-refractivity contribution in [2.75, 3.05) is 0 Å². The van der Waals surface area contributed by atoms with Gasteiger partial charge >= 0.3 is 0 Å². The van der Waals surface area contributed by atoms with E-state index in [-0.39, 0.29) is 0 Å². The second kappa shape index (κ2) is 3.82. The third-order valence-electron chi connectivity index (χ3n) is 2.73. The third-order valence-corrected chi connectivity index (χ3v) is 3.89. The van der Waals surface area contributed by atoms with Gasteiger partial charge in [0.25, 0.3) is 0 Å². The van der Waals surface area contributed by atoms with Crippen molar-refractivity contribution in [1.29, 1.82) is 0 Å². The molecule has 0 spiro atoms. The Hall–Kier alpha value is -1.94. The van der Waals surface area contributed by atoms with E-state index in [0.717, 1.165) is 21.6 Å². The van der Waals surface area contributed by atoms with Crippen molar-refractivity contribution in [1.82, 2.24) is 9.38 Å². The smallest absolute Gasteiger partial charge is 0.168 e. The van der Waals surface area contributed by atoms with Gasteiger partial charge in [0, 0.05) is 0 Å². The van der Waals surface area contributed by atoms with E-state index in [1.54, 1.807) is 23.9 Å². The lowest BCUT2D eigenvalue weighted by Crippen LogP contribution is -1.89. The molecule has 2 heterocycles. The topological polar surface area (TPSA) is 34.4 Å². The second-order valence-electron chi connectivity index (χ2n) is 3.90. The highest BCUT2D eigenvalue weighted by Gasteiger charge is 2.12. The van der Waals surface area contributed by atoms with E-state index in [9.17, 15) is 4.79 Å². The van der Waals surface area contributed by atoms with Gasteiger partial charge in [0.15, 0.2) is 6.29 Å². The molecule has 0 saturated carbocycles. The van der Waals surface area contributed by atoms with Gasteiger partial charge in [-0.15, -0.1) is 11.3 Å². The van der Waals surface area contributed by atoms with Crippen LogP contribution in [0.25, 0.3) is 15.3 Å². The highest BCUT2D eigenvalue weighted by Crippen LogP contribution is 2.32. The van der Waals surface area contributed by atoms with Crippen LogP contribution in [0.3, 0.4) is 0 Å². The van der Waals surface area contributed by atoms with Crippen molar-refractivity contribution < 1.29 is 4.79 Å². The number of hydrogen-bond donors (Lipinski definition) is 0. The molecule has 0 radical (unpaired) electrons. The summed E-state index contributed by atoms with van der Waals surface area (Å²) in [5, 5.41) is 0. The van der Waals surface area contributed by atoms with Crippen LogP contribution in [-0.2, 0) is 0 Å². The molecule has 0 saturated heterocycles. The summed E-state index contributed by atoms with van der Waals surface area (Å²) in [6.07, 6.45) is 4.34. The van der Waals surface area contributed by atoms with Crippen molar-refractivity contribution in [2.24, 2.45) is 0 Å². The summed E-state index contributed by atoms with van der Waals surface area (Å²) in [4.78, 5) is 17.2. The van der Waals surface area contributed by atoms with E-state index in [1.807, 2.05) is 23.5 Å². The number of benzene rings is 1. The first-order chi connectivity index (χ1) is 8.29. The number of thiazole rings is 1. The molecular weight excluding hydrogens is 232 g/mol. The minimum atomic E-state index is 0.673. The maximum Gasteiger partial charge on any atom is 0.168 e. The zero-order chi connectivity index (χ0) is 11.8. The molecule has 0 unspecified atom stereocenters. The lowest BCUT2D eigenvalue weighted by molar-refractivity contribution is 0.111. The van der Waals surface area contributed by atoms with Gasteiger partial charge in [0.1, 0.15) is 16.9 Å². The Balaban J connectivity index is 2.25. The summed E-state index contributed by atoms with van der Waals surface area (Å²) in [7, 11) is 0. The van der Waals surface area contributed by atoms with Crippen LogP contribution in [-0.4, -0.2) is 15.7 Å². The molecule has 0 bridgehead atoms. The fourth-order valence-corrected chi connectivity index (χ4v) is 2.90. The van der Waals surface area contributed by atoms with Crippen LogP contribution in [0.15, 0.2) is 36.8 Å². The zero-order valence-electron chi connectivity index (χ0n) is 9.25. The summed E-state index contributed by atoms with van der Waals surface area (Å²) in [6.45, 7) is 2.05. The summed E-state index contributed by atoms with van der Waals surface area (Å²) in [6, 6.07) is 8.19. The molecule has 0 fully saturated rings. The fourth-order valence-electron chi connectivity index (χ4n) is 1.83. The highest BCUT2D eigenvalue weighted by atomic mass is 32.1. The molecule has 0 aliphatic heterocycles. The first kappa shape index (κ1) is 10.2. The molecule has 1 aromatic carbocycles. The summed E-state index contributed by atoms with van der Waals surface area (Å²) >= 11 is 1.58. The molecule has 3 rings (SSSR count). The Kier molecular flexibility index (Phi) is 2.30. The van der Waals surface area contributed by atoms with Crippen molar-refractivity contribution in [3.05, 3.63) is 48.0 Å². The predicted molar refractivity (Wildman–Crippen MR) is 68.6 cm³/mol. The average Bonchev–Trinajstić information content (AvgIpc) is 2.89. The molecular formula is C13H10N2OS. The Bertz CT molecular complexity index is 679. The van der Waals surface area contributed by atoms with Crippen LogP contribution >= 0.6 is 11.3 Å². The Morgan fingerprint density at radius 3 is 2.76 bits per heavy atom. The Morgan fingerprint density at radius 1 is 1.29 bits per heavy atom. The van der Waals surface area contributed by atoms with E-state index in [0.29, 0.717) is 5.69 Å². The number of aldehydes is 1. The number of rotatable bonds is 2. The van der Waals surface area contributed by atoms with E-state index < -0.39 is 0 Å². The summed E-state index contributed by atoms with van der Waals surface area (Å²) in [5.74, 6) is 0. The number of aryl methyl sites for hydroxylation is 1. The van der Waals surface area contributed by atoms with Crippen LogP contribution in [0.4, 0.5) is 0 Å². The number of carbonyl (C=O) groups excluding carboxylic acids is 1. The number of hydrogen-bond acceptors (Lipinski definition) is 3. The molecule has 0 N–H and O–H groups in total. The molecule has 0 atom stereocenters. The van der Waals surface area contributed by atoms with Gasteiger partial charge in [-0.3, -0.25) is 9.20 Å². The normalized spacial score (nSPS) is 10.9. The quantitative estimate of drug-likeness (QED) is 0.647. The molecule has 17 heavy (non-hydrogen) atoms. The Labute approximate surface area is 102 Å². The number of aromatic nitrogens is 2. The lowest BCUT2D eigenvalue weighted by Gasteiger charge is -1.99. The first-order valence-electron chi connectivity index (χ1n) is 5.26. The van der Waals surface area contributed by atoms with E-state index in [1.165, 1.54) is 5.56 Å². The van der Waals surface area contributed by atoms with E-state index >= 15 is 0 Å². The van der Waals surface area contributed by atoms with Crippen molar-refractivity contribution in [3.8, 4) is 10.4 Å². The predicted octanol–water partition coefficient (Wildman–Crippen LogP) is 3.18. The number of fused-ring (bicyclic) bond motifs is 1. The molecule has 0 amide bonds. The fraction of sp³-hybridized carbons (Fsp3) is 0.0769. The minimum absolute atomic E-state index is 0.673. The van der Waals surface area contributed by atoms with Crippen molar-refractivity contribution in [2.45, 2.75) is 6.92 Å². The molecule has 2 aromatic heterocycles. The molecule has 0 aliphatic rings. The Morgan fingerprint density at radius 2 is 2.06 bits per heavy atom. The monoisotopic (exact) mass is 242 g/mol. The largest absolute Gasteiger partial charge is 0.296 e. The van der Waals surface area contributed by atoms with E-state index in [4.69, 9.17) is 0 Å². The van der Waals surface area contributed by atoms with Gasteiger partial charge in [-0.25, -0.2) is 4.98 Å². The zero-order valence-corrected chi connectivity index (χ0v) is 10.1. The lowest BCUT2D eigenvalue weighted by atomic mass is 10.1. The third kappa shape index (κ3) is 1.57. The average molecular weight is 242 g/mol. The van der Waals surface area contributed by atoms with Crippen LogP contribution < -0.4 is 0 Å². The van der Waals surface area contributed by atoms with Crippen LogP contribution in [0.1, 0.15) is 16.1 Å². The standard InChI is InChI=1S/C13H10N2OS/c1-9-2-4-10(5-3-9)13-11(7-16)15-8-14-6-12(15)17-13/h2-8H,1H3. The number of imidazole rings is 1. The van der Waals surface area contributed by atoms with Crippen molar-refractivity contribution in [3.63, 3.8) is 0 Å². The van der Waals surface area contributed by atoms with Crippen LogP contribution in [0.5, 0.6) is 0 Å².